The van der Waals surface area contributed by atoms with Crippen LogP contribution < -0.4 is 5.32 Å². The maximum absolute atomic E-state index is 12.4. The summed E-state index contributed by atoms with van der Waals surface area (Å²) < 4.78 is 5.24. The molecule has 0 radical (unpaired) electrons. The van der Waals surface area contributed by atoms with Crippen LogP contribution in [0.2, 0.25) is 0 Å². The first kappa shape index (κ1) is 24.3. The normalized spacial score (nSPS) is 11.5. The molecular formula is C27H27NO4S. The number of amides is 1. The fraction of sp³-hybridized carbons (Fsp3) is 0.222. The van der Waals surface area contributed by atoms with Crippen molar-refractivity contribution in [2.24, 2.45) is 0 Å². The van der Waals surface area contributed by atoms with Crippen LogP contribution in [0.5, 0.6) is 0 Å². The van der Waals surface area contributed by atoms with Gasteiger partial charge >= 0.3 is 5.97 Å². The third kappa shape index (κ3) is 7.91. The second-order valence-corrected chi connectivity index (χ2v) is 8.85. The van der Waals surface area contributed by atoms with Crippen LogP contribution in [0, 0.1) is 6.92 Å². The van der Waals surface area contributed by atoms with Crippen molar-refractivity contribution in [2.45, 2.75) is 49.0 Å². The number of ether oxygens (including phenoxy) is 1. The van der Waals surface area contributed by atoms with Crippen LogP contribution in [0.25, 0.3) is 0 Å². The average Bonchev–Trinajstić information content (AvgIpc) is 2.81. The number of Topliss-reactive ketones (excluding diaryl/α,β-unsaturated/α-hetero) is 1. The van der Waals surface area contributed by atoms with Crippen molar-refractivity contribution in [1.29, 1.82) is 0 Å². The van der Waals surface area contributed by atoms with E-state index >= 15 is 0 Å². The molecule has 1 amide bonds. The molecule has 0 aromatic heterocycles. The Morgan fingerprint density at radius 1 is 0.848 bits per heavy atom. The van der Waals surface area contributed by atoms with Gasteiger partial charge in [0.25, 0.3) is 0 Å². The van der Waals surface area contributed by atoms with Crippen molar-refractivity contribution in [3.8, 4) is 0 Å². The van der Waals surface area contributed by atoms with Gasteiger partial charge in [0.2, 0.25) is 11.7 Å². The number of esters is 1. The lowest BCUT2D eigenvalue weighted by molar-refractivity contribution is -0.146. The Morgan fingerprint density at radius 3 is 2.15 bits per heavy atom. The lowest BCUT2D eigenvalue weighted by Crippen LogP contribution is -2.24. The van der Waals surface area contributed by atoms with Crippen molar-refractivity contribution in [2.75, 3.05) is 5.32 Å². The first-order valence-corrected chi connectivity index (χ1v) is 11.7. The van der Waals surface area contributed by atoms with Gasteiger partial charge in [-0.25, -0.2) is 0 Å². The molecular weight excluding hydrogens is 434 g/mol. The number of aryl methyl sites for hydroxylation is 1. The number of nitrogens with one attached hydrogen (secondary N) is 1. The number of anilines is 1. The maximum atomic E-state index is 12.4. The van der Waals surface area contributed by atoms with Gasteiger partial charge in [-0.05, 0) is 56.7 Å². The van der Waals surface area contributed by atoms with Crippen molar-refractivity contribution in [1.82, 2.24) is 0 Å². The molecule has 3 aromatic carbocycles. The Balaban J connectivity index is 1.37. The van der Waals surface area contributed by atoms with Gasteiger partial charge in [-0.15, -0.1) is 0 Å². The molecule has 3 aromatic rings. The standard InChI is InChI=1S/C27H27NO4S/c1-19-11-13-21(14-12-19)27(31)20(2)32-26(30)10-6-9-25(29)28-22-15-17-24(18-16-22)33-23-7-4-3-5-8-23/h3-5,7-8,11-18,20H,6,9-10H2,1-2H3,(H,28,29). The Labute approximate surface area is 198 Å². The van der Waals surface area contributed by atoms with E-state index in [4.69, 9.17) is 4.74 Å². The summed E-state index contributed by atoms with van der Waals surface area (Å²) in [7, 11) is 0. The number of rotatable bonds is 10. The smallest absolute Gasteiger partial charge is 0.306 e. The van der Waals surface area contributed by atoms with Crippen LogP contribution in [0.3, 0.4) is 0 Å². The third-order valence-corrected chi connectivity index (χ3v) is 5.93. The maximum Gasteiger partial charge on any atom is 0.306 e. The lowest BCUT2D eigenvalue weighted by atomic mass is 10.1. The molecule has 0 spiro atoms. The van der Waals surface area contributed by atoms with Gasteiger partial charge < -0.3 is 10.1 Å². The highest BCUT2D eigenvalue weighted by atomic mass is 32.2. The van der Waals surface area contributed by atoms with Crippen molar-refractivity contribution >= 4 is 35.1 Å². The van der Waals surface area contributed by atoms with E-state index < -0.39 is 12.1 Å². The number of benzene rings is 3. The molecule has 1 N–H and O–H groups in total. The second-order valence-electron chi connectivity index (χ2n) is 7.70. The quantitative estimate of drug-likeness (QED) is 0.293. The molecule has 0 heterocycles. The summed E-state index contributed by atoms with van der Waals surface area (Å²) in [6.07, 6.45) is -0.249. The zero-order valence-corrected chi connectivity index (χ0v) is 19.6. The molecule has 0 aliphatic carbocycles. The van der Waals surface area contributed by atoms with E-state index in [0.29, 0.717) is 17.7 Å². The minimum Gasteiger partial charge on any atom is -0.454 e. The monoisotopic (exact) mass is 461 g/mol. The van der Waals surface area contributed by atoms with E-state index in [2.05, 4.69) is 5.32 Å². The summed E-state index contributed by atoms with van der Waals surface area (Å²) in [4.78, 5) is 38.8. The number of ketones is 1. The molecule has 0 fully saturated rings. The first-order valence-electron chi connectivity index (χ1n) is 10.8. The zero-order chi connectivity index (χ0) is 23.6. The van der Waals surface area contributed by atoms with Crippen LogP contribution in [0.15, 0.2) is 88.7 Å². The van der Waals surface area contributed by atoms with Gasteiger partial charge in [0.1, 0.15) is 0 Å². The predicted octanol–water partition coefficient (Wildman–Crippen LogP) is 6.07. The first-order chi connectivity index (χ1) is 15.9. The van der Waals surface area contributed by atoms with E-state index in [1.165, 1.54) is 0 Å². The van der Waals surface area contributed by atoms with Crippen LogP contribution in [-0.2, 0) is 14.3 Å². The molecule has 6 heteroatoms. The summed E-state index contributed by atoms with van der Waals surface area (Å²) in [5, 5.41) is 2.84. The van der Waals surface area contributed by atoms with Crippen LogP contribution in [-0.4, -0.2) is 23.8 Å². The molecule has 0 bridgehead atoms. The molecule has 170 valence electrons. The molecule has 33 heavy (non-hydrogen) atoms. The van der Waals surface area contributed by atoms with E-state index in [0.717, 1.165) is 15.4 Å². The summed E-state index contributed by atoms with van der Waals surface area (Å²) in [6, 6.07) is 24.8. The summed E-state index contributed by atoms with van der Waals surface area (Å²) in [6.45, 7) is 3.50. The highest BCUT2D eigenvalue weighted by molar-refractivity contribution is 7.99. The summed E-state index contributed by atoms with van der Waals surface area (Å²) in [5.74, 6) is -0.900. The highest BCUT2D eigenvalue weighted by Crippen LogP contribution is 2.28. The predicted molar refractivity (Wildman–Crippen MR) is 131 cm³/mol. The average molecular weight is 462 g/mol. The van der Waals surface area contributed by atoms with Gasteiger partial charge in [0, 0.05) is 33.9 Å². The van der Waals surface area contributed by atoms with Gasteiger partial charge in [-0.1, -0.05) is 59.8 Å². The van der Waals surface area contributed by atoms with E-state index in [9.17, 15) is 14.4 Å². The van der Waals surface area contributed by atoms with Crippen LogP contribution in [0.1, 0.15) is 42.1 Å². The van der Waals surface area contributed by atoms with Gasteiger partial charge in [0.15, 0.2) is 6.10 Å². The number of hydrogen-bond acceptors (Lipinski definition) is 5. The van der Waals surface area contributed by atoms with Crippen LogP contribution in [0.4, 0.5) is 5.69 Å². The fourth-order valence-electron chi connectivity index (χ4n) is 3.11. The molecule has 3 rings (SSSR count). The van der Waals surface area contributed by atoms with Gasteiger partial charge in [0.05, 0.1) is 0 Å². The Kier molecular flexibility index (Phi) is 8.84. The van der Waals surface area contributed by atoms with Crippen LogP contribution >= 0.6 is 11.8 Å². The Hall–Kier alpha value is -3.38. The second kappa shape index (κ2) is 12.0. The fourth-order valence-corrected chi connectivity index (χ4v) is 3.95. The topological polar surface area (TPSA) is 72.5 Å². The number of carbonyl (C=O) groups excluding carboxylic acids is 3. The molecule has 1 unspecified atom stereocenters. The summed E-state index contributed by atoms with van der Waals surface area (Å²) >= 11 is 1.65. The minimum atomic E-state index is -0.860. The number of carbonyl (C=O) groups is 3. The van der Waals surface area contributed by atoms with E-state index in [1.807, 2.05) is 73.7 Å². The third-order valence-electron chi connectivity index (χ3n) is 4.92. The molecule has 0 aliphatic heterocycles. The van der Waals surface area contributed by atoms with E-state index in [-0.39, 0.29) is 24.5 Å². The molecule has 5 nitrogen and oxygen atoms in total. The molecule has 0 saturated carbocycles. The minimum absolute atomic E-state index is 0.0750. The SMILES string of the molecule is Cc1ccc(C(=O)C(C)OC(=O)CCCC(=O)Nc2ccc(Sc3ccccc3)cc2)cc1. The summed E-state index contributed by atoms with van der Waals surface area (Å²) in [5.41, 5.74) is 2.27. The Morgan fingerprint density at radius 2 is 1.48 bits per heavy atom. The van der Waals surface area contributed by atoms with Gasteiger partial charge in [-0.2, -0.15) is 0 Å². The molecule has 0 saturated heterocycles. The largest absolute Gasteiger partial charge is 0.454 e. The highest BCUT2D eigenvalue weighted by Gasteiger charge is 2.19. The molecule has 0 aliphatic rings. The zero-order valence-electron chi connectivity index (χ0n) is 18.7. The van der Waals surface area contributed by atoms with Crippen molar-refractivity contribution < 1.29 is 19.1 Å². The number of hydrogen-bond donors (Lipinski definition) is 1. The Bertz CT molecular complexity index is 1080. The lowest BCUT2D eigenvalue weighted by Gasteiger charge is -2.12. The molecule has 1 atom stereocenters. The van der Waals surface area contributed by atoms with Crippen molar-refractivity contribution in [3.05, 3.63) is 90.0 Å². The van der Waals surface area contributed by atoms with Gasteiger partial charge in [-0.3, -0.25) is 14.4 Å². The van der Waals surface area contributed by atoms with Crippen molar-refractivity contribution in [3.63, 3.8) is 0 Å². The van der Waals surface area contributed by atoms with E-state index in [1.54, 1.807) is 30.8 Å².